The molecule has 0 unspecified atom stereocenters. The van der Waals surface area contributed by atoms with Crippen molar-refractivity contribution >= 4 is 22.4 Å². The smallest absolute Gasteiger partial charge is 0.238 e. The van der Waals surface area contributed by atoms with E-state index in [9.17, 15) is 4.79 Å². The second-order valence-corrected chi connectivity index (χ2v) is 7.96. The minimum atomic E-state index is 0.00854. The number of benzene rings is 3. The van der Waals surface area contributed by atoms with Gasteiger partial charge in [0.2, 0.25) is 5.91 Å². The van der Waals surface area contributed by atoms with E-state index in [2.05, 4.69) is 49.5 Å². The Bertz CT molecular complexity index is 1010. The summed E-state index contributed by atoms with van der Waals surface area (Å²) in [6, 6.07) is 18.6. The lowest BCUT2D eigenvalue weighted by Crippen LogP contribution is -2.30. The fourth-order valence-electron chi connectivity index (χ4n) is 3.63. The molecule has 0 heterocycles. The standard InChI is InChI=1S/C25H30N2O2/c1-17(2)23-8-6-7-18(3)25(23)26-24(28)16-27(4)15-19-9-10-21-14-22(29-5)12-11-20(21)13-19/h6-14,17H,15-16H2,1-5H3,(H,26,28). The van der Waals surface area contributed by atoms with Crippen molar-refractivity contribution in [3.63, 3.8) is 0 Å². The summed E-state index contributed by atoms with van der Waals surface area (Å²) in [5.41, 5.74) is 4.39. The number of carbonyl (C=O) groups excluding carboxylic acids is 1. The first kappa shape index (κ1) is 20.9. The molecule has 4 heteroatoms. The van der Waals surface area contributed by atoms with Crippen molar-refractivity contribution in [2.24, 2.45) is 0 Å². The Morgan fingerprint density at radius 2 is 1.79 bits per heavy atom. The van der Waals surface area contributed by atoms with Gasteiger partial charge in [-0.15, -0.1) is 0 Å². The number of carbonyl (C=O) groups is 1. The van der Waals surface area contributed by atoms with Crippen LogP contribution in [-0.4, -0.2) is 31.5 Å². The predicted octanol–water partition coefficient (Wildman–Crippen LogP) is 5.35. The number of methoxy groups -OCH3 is 1. The first-order chi connectivity index (χ1) is 13.9. The summed E-state index contributed by atoms with van der Waals surface area (Å²) in [5.74, 6) is 1.23. The Labute approximate surface area is 173 Å². The van der Waals surface area contributed by atoms with E-state index in [-0.39, 0.29) is 5.91 Å². The summed E-state index contributed by atoms with van der Waals surface area (Å²) in [4.78, 5) is 14.7. The Balaban J connectivity index is 1.66. The van der Waals surface area contributed by atoms with Crippen molar-refractivity contribution in [3.05, 3.63) is 71.3 Å². The molecule has 0 saturated carbocycles. The molecular formula is C25H30N2O2. The zero-order valence-electron chi connectivity index (χ0n) is 18.0. The average molecular weight is 391 g/mol. The van der Waals surface area contributed by atoms with Crippen LogP contribution in [0.3, 0.4) is 0 Å². The molecule has 0 radical (unpaired) electrons. The molecular weight excluding hydrogens is 360 g/mol. The number of fused-ring (bicyclic) bond motifs is 1. The lowest BCUT2D eigenvalue weighted by Gasteiger charge is -2.20. The Kier molecular flexibility index (Phi) is 6.55. The molecule has 0 atom stereocenters. The third-order valence-corrected chi connectivity index (χ3v) is 5.17. The van der Waals surface area contributed by atoms with E-state index in [0.717, 1.165) is 22.4 Å². The molecule has 3 aromatic rings. The molecule has 3 aromatic carbocycles. The van der Waals surface area contributed by atoms with Gasteiger partial charge in [0.25, 0.3) is 0 Å². The van der Waals surface area contributed by atoms with Gasteiger partial charge < -0.3 is 10.1 Å². The quantitative estimate of drug-likeness (QED) is 0.591. The van der Waals surface area contributed by atoms with Crippen LogP contribution in [0.4, 0.5) is 5.69 Å². The van der Waals surface area contributed by atoms with Crippen LogP contribution < -0.4 is 10.1 Å². The monoisotopic (exact) mass is 390 g/mol. The van der Waals surface area contributed by atoms with Crippen molar-refractivity contribution in [1.29, 1.82) is 0 Å². The Morgan fingerprint density at radius 1 is 1.07 bits per heavy atom. The zero-order valence-corrected chi connectivity index (χ0v) is 18.0. The van der Waals surface area contributed by atoms with Gasteiger partial charge in [0.15, 0.2) is 0 Å². The number of nitrogens with zero attached hydrogens (tertiary/aromatic N) is 1. The number of anilines is 1. The van der Waals surface area contributed by atoms with Crippen molar-refractivity contribution in [3.8, 4) is 5.75 Å². The van der Waals surface area contributed by atoms with Gasteiger partial charge in [-0.25, -0.2) is 0 Å². The first-order valence-electron chi connectivity index (χ1n) is 10.0. The number of ether oxygens (including phenoxy) is 1. The number of hydrogen-bond donors (Lipinski definition) is 1. The lowest BCUT2D eigenvalue weighted by molar-refractivity contribution is -0.117. The molecule has 0 saturated heterocycles. The highest BCUT2D eigenvalue weighted by atomic mass is 16.5. The molecule has 4 nitrogen and oxygen atoms in total. The summed E-state index contributed by atoms with van der Waals surface area (Å²) < 4.78 is 5.29. The summed E-state index contributed by atoms with van der Waals surface area (Å²) in [7, 11) is 3.65. The van der Waals surface area contributed by atoms with Gasteiger partial charge in [0, 0.05) is 12.2 Å². The first-order valence-corrected chi connectivity index (χ1v) is 10.0. The summed E-state index contributed by atoms with van der Waals surface area (Å²) in [5, 5.41) is 5.44. The van der Waals surface area contributed by atoms with Crippen molar-refractivity contribution in [1.82, 2.24) is 4.90 Å². The molecule has 0 aliphatic heterocycles. The summed E-state index contributed by atoms with van der Waals surface area (Å²) in [6.07, 6.45) is 0. The normalized spacial score (nSPS) is 11.3. The third-order valence-electron chi connectivity index (χ3n) is 5.17. The summed E-state index contributed by atoms with van der Waals surface area (Å²) >= 11 is 0. The number of hydrogen-bond acceptors (Lipinski definition) is 3. The van der Waals surface area contributed by atoms with Crippen molar-refractivity contribution < 1.29 is 9.53 Å². The van der Waals surface area contributed by atoms with Crippen LogP contribution in [-0.2, 0) is 11.3 Å². The molecule has 1 amide bonds. The number of nitrogens with one attached hydrogen (secondary N) is 1. The number of likely N-dealkylation sites (N-methyl/N-ethyl adjacent to an activating group) is 1. The zero-order chi connectivity index (χ0) is 21.0. The van der Waals surface area contributed by atoms with E-state index in [0.29, 0.717) is 19.0 Å². The third kappa shape index (κ3) is 5.15. The fraction of sp³-hybridized carbons (Fsp3) is 0.320. The second kappa shape index (κ2) is 9.10. The number of rotatable bonds is 7. The number of amides is 1. The maximum Gasteiger partial charge on any atom is 0.238 e. The molecule has 152 valence electrons. The van der Waals surface area contributed by atoms with Crippen LogP contribution in [0.2, 0.25) is 0 Å². The minimum Gasteiger partial charge on any atom is -0.497 e. The highest BCUT2D eigenvalue weighted by molar-refractivity contribution is 5.94. The van der Waals surface area contributed by atoms with Gasteiger partial charge in [0.1, 0.15) is 5.75 Å². The lowest BCUT2D eigenvalue weighted by atomic mass is 9.98. The van der Waals surface area contributed by atoms with E-state index in [1.165, 1.54) is 16.5 Å². The molecule has 0 aliphatic carbocycles. The van der Waals surface area contributed by atoms with Crippen LogP contribution in [0.1, 0.15) is 36.5 Å². The van der Waals surface area contributed by atoms with Crippen LogP contribution in [0.25, 0.3) is 10.8 Å². The van der Waals surface area contributed by atoms with Gasteiger partial charge in [-0.05, 0) is 65.6 Å². The van der Waals surface area contributed by atoms with E-state index in [1.54, 1.807) is 7.11 Å². The molecule has 0 aliphatic rings. The molecule has 0 aromatic heterocycles. The van der Waals surface area contributed by atoms with Crippen LogP contribution in [0.5, 0.6) is 5.75 Å². The maximum absolute atomic E-state index is 12.7. The summed E-state index contributed by atoms with van der Waals surface area (Å²) in [6.45, 7) is 7.37. The largest absolute Gasteiger partial charge is 0.497 e. The number of aryl methyl sites for hydroxylation is 1. The van der Waals surface area contributed by atoms with Gasteiger partial charge >= 0.3 is 0 Å². The SMILES string of the molecule is COc1ccc2cc(CN(C)CC(=O)Nc3c(C)cccc3C(C)C)ccc2c1. The molecule has 0 fully saturated rings. The van der Waals surface area contributed by atoms with E-state index in [4.69, 9.17) is 4.74 Å². The minimum absolute atomic E-state index is 0.00854. The van der Waals surface area contributed by atoms with Gasteiger partial charge in [0.05, 0.1) is 13.7 Å². The highest BCUT2D eigenvalue weighted by Crippen LogP contribution is 2.27. The molecule has 1 N–H and O–H groups in total. The van der Waals surface area contributed by atoms with E-state index >= 15 is 0 Å². The van der Waals surface area contributed by atoms with Gasteiger partial charge in [-0.2, -0.15) is 0 Å². The maximum atomic E-state index is 12.7. The molecule has 0 bridgehead atoms. The van der Waals surface area contributed by atoms with Crippen LogP contribution in [0, 0.1) is 6.92 Å². The topological polar surface area (TPSA) is 41.6 Å². The molecule has 0 spiro atoms. The van der Waals surface area contributed by atoms with Crippen LogP contribution >= 0.6 is 0 Å². The Hall–Kier alpha value is -2.85. The van der Waals surface area contributed by atoms with E-state index < -0.39 is 0 Å². The second-order valence-electron chi connectivity index (χ2n) is 7.96. The predicted molar refractivity (Wildman–Crippen MR) is 121 cm³/mol. The average Bonchev–Trinajstić information content (AvgIpc) is 2.68. The highest BCUT2D eigenvalue weighted by Gasteiger charge is 2.13. The fourth-order valence-corrected chi connectivity index (χ4v) is 3.63. The Morgan fingerprint density at radius 3 is 2.52 bits per heavy atom. The van der Waals surface area contributed by atoms with E-state index in [1.807, 2.05) is 43.1 Å². The van der Waals surface area contributed by atoms with Crippen molar-refractivity contribution in [2.45, 2.75) is 33.2 Å². The van der Waals surface area contributed by atoms with Crippen molar-refractivity contribution in [2.75, 3.05) is 26.0 Å². The molecule has 3 rings (SSSR count). The molecule has 29 heavy (non-hydrogen) atoms. The van der Waals surface area contributed by atoms with Gasteiger partial charge in [-0.1, -0.05) is 50.2 Å². The van der Waals surface area contributed by atoms with Crippen LogP contribution in [0.15, 0.2) is 54.6 Å². The van der Waals surface area contributed by atoms with Gasteiger partial charge in [-0.3, -0.25) is 9.69 Å². The number of para-hydroxylation sites is 1.